The molecule has 22 heavy (non-hydrogen) atoms. The van der Waals surface area contributed by atoms with Gasteiger partial charge in [0, 0.05) is 12.1 Å². The van der Waals surface area contributed by atoms with Crippen molar-refractivity contribution in [2.45, 2.75) is 26.2 Å². The number of rotatable bonds is 6. The third-order valence-corrected chi connectivity index (χ3v) is 3.41. The van der Waals surface area contributed by atoms with Gasteiger partial charge in [-0.05, 0) is 49.6 Å². The second-order valence-electron chi connectivity index (χ2n) is 5.27. The molecule has 0 radical (unpaired) electrons. The van der Waals surface area contributed by atoms with Crippen molar-refractivity contribution in [1.29, 1.82) is 0 Å². The molecule has 0 aliphatic carbocycles. The molecule has 114 valence electrons. The van der Waals surface area contributed by atoms with Crippen molar-refractivity contribution in [3.8, 4) is 0 Å². The fraction of sp³-hybridized carbons (Fsp3) is 0.222. The van der Waals surface area contributed by atoms with Crippen molar-refractivity contribution in [1.82, 2.24) is 0 Å². The second kappa shape index (κ2) is 7.41. The van der Waals surface area contributed by atoms with Crippen LogP contribution >= 0.6 is 0 Å². The van der Waals surface area contributed by atoms with Crippen molar-refractivity contribution in [3.63, 3.8) is 0 Å². The van der Waals surface area contributed by atoms with Gasteiger partial charge in [0.15, 0.2) is 0 Å². The Kier molecular flexibility index (Phi) is 5.31. The molecule has 4 nitrogen and oxygen atoms in total. The highest BCUT2D eigenvalue weighted by molar-refractivity contribution is 5.92. The Labute approximate surface area is 129 Å². The van der Waals surface area contributed by atoms with Crippen LogP contribution in [0.5, 0.6) is 0 Å². The number of nitrogens with one attached hydrogen (secondary N) is 1. The Morgan fingerprint density at radius 2 is 1.64 bits per heavy atom. The van der Waals surface area contributed by atoms with Crippen LogP contribution < -0.4 is 5.32 Å². The molecule has 0 spiro atoms. The highest BCUT2D eigenvalue weighted by Crippen LogP contribution is 2.11. The molecule has 2 rings (SSSR count). The van der Waals surface area contributed by atoms with Gasteiger partial charge in [0.05, 0.1) is 5.56 Å². The topological polar surface area (TPSA) is 66.4 Å². The summed E-state index contributed by atoms with van der Waals surface area (Å²) in [5.74, 6) is -1.04. The minimum absolute atomic E-state index is 0.0600. The summed E-state index contributed by atoms with van der Waals surface area (Å²) >= 11 is 0. The molecule has 2 N–H and O–H groups in total. The van der Waals surface area contributed by atoms with E-state index in [-0.39, 0.29) is 11.5 Å². The first kappa shape index (κ1) is 15.8. The van der Waals surface area contributed by atoms with Crippen LogP contribution in [0, 0.1) is 6.92 Å². The van der Waals surface area contributed by atoms with E-state index < -0.39 is 5.97 Å². The van der Waals surface area contributed by atoms with E-state index in [1.807, 2.05) is 6.92 Å². The van der Waals surface area contributed by atoms with Gasteiger partial charge in [-0.15, -0.1) is 0 Å². The smallest absolute Gasteiger partial charge is 0.335 e. The van der Waals surface area contributed by atoms with E-state index in [1.54, 1.807) is 12.1 Å². The highest BCUT2D eigenvalue weighted by Gasteiger charge is 2.05. The summed E-state index contributed by atoms with van der Waals surface area (Å²) in [6.07, 6.45) is 2.09. The lowest BCUT2D eigenvalue weighted by Gasteiger charge is -2.06. The SMILES string of the molecule is Cc1ccc(CCCC(=O)Nc2ccc(C(=O)O)cc2)cc1. The molecule has 0 saturated carbocycles. The first-order valence-electron chi connectivity index (χ1n) is 7.23. The number of benzene rings is 2. The second-order valence-corrected chi connectivity index (χ2v) is 5.27. The normalized spacial score (nSPS) is 10.2. The van der Waals surface area contributed by atoms with Crippen LogP contribution in [0.15, 0.2) is 48.5 Å². The van der Waals surface area contributed by atoms with Gasteiger partial charge in [-0.2, -0.15) is 0 Å². The average Bonchev–Trinajstić information content (AvgIpc) is 2.50. The fourth-order valence-electron chi connectivity index (χ4n) is 2.13. The first-order valence-corrected chi connectivity index (χ1v) is 7.23. The Morgan fingerprint density at radius 1 is 1.00 bits per heavy atom. The maximum atomic E-state index is 11.8. The van der Waals surface area contributed by atoms with E-state index in [0.717, 1.165) is 12.8 Å². The van der Waals surface area contributed by atoms with Crippen molar-refractivity contribution in [2.24, 2.45) is 0 Å². The average molecular weight is 297 g/mol. The summed E-state index contributed by atoms with van der Waals surface area (Å²) in [6.45, 7) is 2.05. The van der Waals surface area contributed by atoms with Crippen molar-refractivity contribution >= 4 is 17.6 Å². The molecule has 0 aliphatic heterocycles. The zero-order chi connectivity index (χ0) is 15.9. The Bertz CT molecular complexity index is 645. The largest absolute Gasteiger partial charge is 0.478 e. The van der Waals surface area contributed by atoms with Gasteiger partial charge in [-0.1, -0.05) is 29.8 Å². The minimum Gasteiger partial charge on any atom is -0.478 e. The number of carbonyl (C=O) groups is 2. The van der Waals surface area contributed by atoms with E-state index in [2.05, 4.69) is 29.6 Å². The predicted octanol–water partition coefficient (Wildman–Crippen LogP) is 3.65. The zero-order valence-corrected chi connectivity index (χ0v) is 12.5. The van der Waals surface area contributed by atoms with Crippen LogP contribution in [0.1, 0.15) is 34.3 Å². The third kappa shape index (κ3) is 4.74. The lowest BCUT2D eigenvalue weighted by Crippen LogP contribution is -2.11. The maximum absolute atomic E-state index is 11.8. The lowest BCUT2D eigenvalue weighted by molar-refractivity contribution is -0.116. The summed E-state index contributed by atoms with van der Waals surface area (Å²) < 4.78 is 0. The van der Waals surface area contributed by atoms with Gasteiger partial charge in [0.2, 0.25) is 5.91 Å². The maximum Gasteiger partial charge on any atom is 0.335 e. The lowest BCUT2D eigenvalue weighted by atomic mass is 10.1. The molecule has 0 saturated heterocycles. The Balaban J connectivity index is 1.77. The van der Waals surface area contributed by atoms with Crippen LogP contribution in [-0.4, -0.2) is 17.0 Å². The summed E-state index contributed by atoms with van der Waals surface area (Å²) in [5.41, 5.74) is 3.28. The number of carboxylic acids is 1. The van der Waals surface area contributed by atoms with Gasteiger partial charge >= 0.3 is 5.97 Å². The van der Waals surface area contributed by atoms with Crippen LogP contribution in [0.3, 0.4) is 0 Å². The molecule has 4 heteroatoms. The molecule has 0 aromatic heterocycles. The van der Waals surface area contributed by atoms with Crippen molar-refractivity contribution in [3.05, 3.63) is 65.2 Å². The van der Waals surface area contributed by atoms with E-state index in [0.29, 0.717) is 12.1 Å². The molecule has 2 aromatic rings. The predicted molar refractivity (Wildman–Crippen MR) is 86.1 cm³/mol. The van der Waals surface area contributed by atoms with Crippen LogP contribution in [-0.2, 0) is 11.2 Å². The van der Waals surface area contributed by atoms with E-state index >= 15 is 0 Å². The molecule has 0 fully saturated rings. The standard InChI is InChI=1S/C18H19NO3/c1-13-5-7-14(8-6-13)3-2-4-17(20)19-16-11-9-15(10-12-16)18(21)22/h5-12H,2-4H2,1H3,(H,19,20)(H,21,22). The van der Waals surface area contributed by atoms with E-state index in [4.69, 9.17) is 5.11 Å². The highest BCUT2D eigenvalue weighted by atomic mass is 16.4. The van der Waals surface area contributed by atoms with Crippen LogP contribution in [0.4, 0.5) is 5.69 Å². The number of amides is 1. The van der Waals surface area contributed by atoms with Gasteiger partial charge < -0.3 is 10.4 Å². The third-order valence-electron chi connectivity index (χ3n) is 3.41. The molecule has 0 atom stereocenters. The summed E-state index contributed by atoms with van der Waals surface area (Å²) in [4.78, 5) is 22.6. The number of aryl methyl sites for hydroxylation is 2. The Hall–Kier alpha value is -2.62. The van der Waals surface area contributed by atoms with Gasteiger partial charge in [-0.3, -0.25) is 4.79 Å². The van der Waals surface area contributed by atoms with Gasteiger partial charge in [-0.25, -0.2) is 4.79 Å². The monoisotopic (exact) mass is 297 g/mol. The molecule has 2 aromatic carbocycles. The zero-order valence-electron chi connectivity index (χ0n) is 12.5. The van der Waals surface area contributed by atoms with E-state index in [1.165, 1.54) is 23.3 Å². The number of hydrogen-bond acceptors (Lipinski definition) is 2. The summed E-state index contributed by atoms with van der Waals surface area (Å²) in [5, 5.41) is 11.6. The molecule has 0 bridgehead atoms. The van der Waals surface area contributed by atoms with Crippen molar-refractivity contribution in [2.75, 3.05) is 5.32 Å². The minimum atomic E-state index is -0.976. The number of aromatic carboxylic acids is 1. The van der Waals surface area contributed by atoms with Gasteiger partial charge in [0.25, 0.3) is 0 Å². The molecular weight excluding hydrogens is 278 g/mol. The molecule has 0 unspecified atom stereocenters. The first-order chi connectivity index (χ1) is 10.5. The van der Waals surface area contributed by atoms with Crippen molar-refractivity contribution < 1.29 is 14.7 Å². The van der Waals surface area contributed by atoms with Crippen LogP contribution in [0.2, 0.25) is 0 Å². The quantitative estimate of drug-likeness (QED) is 0.855. The van der Waals surface area contributed by atoms with Gasteiger partial charge in [0.1, 0.15) is 0 Å². The summed E-state index contributed by atoms with van der Waals surface area (Å²) in [6, 6.07) is 14.5. The fourth-order valence-corrected chi connectivity index (χ4v) is 2.13. The summed E-state index contributed by atoms with van der Waals surface area (Å²) in [7, 11) is 0. The number of carbonyl (C=O) groups excluding carboxylic acids is 1. The number of hydrogen-bond donors (Lipinski definition) is 2. The molecule has 0 heterocycles. The van der Waals surface area contributed by atoms with Crippen LogP contribution in [0.25, 0.3) is 0 Å². The molecule has 0 aliphatic rings. The Morgan fingerprint density at radius 3 is 2.23 bits per heavy atom. The van der Waals surface area contributed by atoms with E-state index in [9.17, 15) is 9.59 Å². The number of carboxylic acid groups (broad SMARTS) is 1. The molecule has 1 amide bonds. The number of anilines is 1. The molecular formula is C18H19NO3.